The molecular formula is C32H40N2O3. The summed E-state index contributed by atoms with van der Waals surface area (Å²) < 4.78 is 6.06. The summed E-state index contributed by atoms with van der Waals surface area (Å²) >= 11 is 0. The monoisotopic (exact) mass is 500 g/mol. The van der Waals surface area contributed by atoms with Crippen LogP contribution in [-0.2, 0) is 22.6 Å². The lowest BCUT2D eigenvalue weighted by Gasteiger charge is -2.32. The summed E-state index contributed by atoms with van der Waals surface area (Å²) in [4.78, 5) is 29.0. The zero-order valence-electron chi connectivity index (χ0n) is 23.0. The predicted octanol–water partition coefficient (Wildman–Crippen LogP) is 5.71. The molecule has 3 aromatic rings. The van der Waals surface area contributed by atoms with Crippen molar-refractivity contribution in [3.05, 3.63) is 100 Å². The number of nitrogens with zero attached hydrogens (tertiary/aromatic N) is 1. The van der Waals surface area contributed by atoms with Gasteiger partial charge in [-0.05, 0) is 67.5 Å². The van der Waals surface area contributed by atoms with Gasteiger partial charge in [-0.1, -0.05) is 80.1 Å². The van der Waals surface area contributed by atoms with Gasteiger partial charge in [0.05, 0.1) is 0 Å². The number of rotatable bonds is 11. The van der Waals surface area contributed by atoms with Gasteiger partial charge in [0.25, 0.3) is 5.91 Å². The molecule has 0 fully saturated rings. The first kappa shape index (κ1) is 28.0. The van der Waals surface area contributed by atoms with Crippen LogP contribution in [0, 0.1) is 33.6 Å². The van der Waals surface area contributed by atoms with E-state index in [0.717, 1.165) is 33.4 Å². The van der Waals surface area contributed by atoms with Gasteiger partial charge >= 0.3 is 0 Å². The Balaban J connectivity index is 1.93. The third-order valence-corrected chi connectivity index (χ3v) is 6.51. The van der Waals surface area contributed by atoms with E-state index in [-0.39, 0.29) is 18.4 Å². The molecule has 37 heavy (non-hydrogen) atoms. The SMILES string of the molecule is Cc1cccc(CN(C(=O)COc2cc(C)cc(C)c2C)[C@@H](Cc2ccccc2)C(=O)NCC(C)C)c1. The summed E-state index contributed by atoms with van der Waals surface area (Å²) in [6, 6.07) is 21.3. The maximum atomic E-state index is 13.8. The molecular weight excluding hydrogens is 460 g/mol. The van der Waals surface area contributed by atoms with Gasteiger partial charge in [-0.25, -0.2) is 0 Å². The fourth-order valence-corrected chi connectivity index (χ4v) is 4.36. The van der Waals surface area contributed by atoms with E-state index in [2.05, 4.69) is 31.3 Å². The summed E-state index contributed by atoms with van der Waals surface area (Å²) in [7, 11) is 0. The Labute approximate surface area is 221 Å². The van der Waals surface area contributed by atoms with Crippen LogP contribution in [0.4, 0.5) is 0 Å². The number of nitrogens with one attached hydrogen (secondary N) is 1. The van der Waals surface area contributed by atoms with Gasteiger partial charge in [0, 0.05) is 19.5 Å². The molecule has 0 aliphatic rings. The van der Waals surface area contributed by atoms with E-state index in [4.69, 9.17) is 4.74 Å². The number of ether oxygens (including phenoxy) is 1. The van der Waals surface area contributed by atoms with E-state index in [0.29, 0.717) is 31.2 Å². The standard InChI is InChI=1S/C32H40N2O3/c1-22(2)19-33-32(36)29(18-27-12-8-7-9-13-27)34(20-28-14-10-11-23(3)16-28)31(35)21-37-30-17-24(4)15-25(5)26(30)6/h7-17,22,29H,18-21H2,1-6H3,(H,33,36)/t29-/m0/s1. The van der Waals surface area contributed by atoms with Crippen molar-refractivity contribution in [2.24, 2.45) is 5.92 Å². The number of carbonyl (C=O) groups is 2. The van der Waals surface area contributed by atoms with Gasteiger partial charge < -0.3 is 15.0 Å². The van der Waals surface area contributed by atoms with E-state index in [1.54, 1.807) is 4.90 Å². The van der Waals surface area contributed by atoms with Crippen LogP contribution in [0.2, 0.25) is 0 Å². The molecule has 0 bridgehead atoms. The number of amides is 2. The lowest BCUT2D eigenvalue weighted by molar-refractivity contribution is -0.142. The van der Waals surface area contributed by atoms with Crippen LogP contribution in [0.5, 0.6) is 5.75 Å². The highest BCUT2D eigenvalue weighted by Gasteiger charge is 2.31. The van der Waals surface area contributed by atoms with Crippen LogP contribution >= 0.6 is 0 Å². The van der Waals surface area contributed by atoms with Crippen LogP contribution in [0.1, 0.15) is 47.2 Å². The second-order valence-corrected chi connectivity index (χ2v) is 10.3. The number of aryl methyl sites for hydroxylation is 3. The van der Waals surface area contributed by atoms with Crippen molar-refractivity contribution < 1.29 is 14.3 Å². The molecule has 0 radical (unpaired) electrons. The van der Waals surface area contributed by atoms with Gasteiger partial charge in [-0.2, -0.15) is 0 Å². The molecule has 3 rings (SSSR count). The van der Waals surface area contributed by atoms with Gasteiger partial charge in [0.1, 0.15) is 11.8 Å². The van der Waals surface area contributed by atoms with E-state index in [1.807, 2.05) is 82.3 Å². The third kappa shape index (κ3) is 8.21. The highest BCUT2D eigenvalue weighted by molar-refractivity contribution is 5.88. The molecule has 0 heterocycles. The summed E-state index contributed by atoms with van der Waals surface area (Å²) in [5.41, 5.74) is 6.30. The Kier molecular flexibility index (Phi) is 9.90. The average Bonchev–Trinajstić information content (AvgIpc) is 2.86. The molecule has 0 aliphatic heterocycles. The molecule has 0 unspecified atom stereocenters. The first-order chi connectivity index (χ1) is 17.6. The smallest absolute Gasteiger partial charge is 0.261 e. The van der Waals surface area contributed by atoms with Crippen LogP contribution in [0.3, 0.4) is 0 Å². The van der Waals surface area contributed by atoms with E-state index >= 15 is 0 Å². The molecule has 0 spiro atoms. The quantitative estimate of drug-likeness (QED) is 0.367. The minimum atomic E-state index is -0.668. The topological polar surface area (TPSA) is 58.6 Å². The number of hydrogen-bond acceptors (Lipinski definition) is 3. The van der Waals surface area contributed by atoms with Gasteiger partial charge in [-0.15, -0.1) is 0 Å². The Hall–Kier alpha value is -3.60. The largest absolute Gasteiger partial charge is 0.483 e. The van der Waals surface area contributed by atoms with Crippen molar-refractivity contribution >= 4 is 11.8 Å². The van der Waals surface area contributed by atoms with E-state index in [1.165, 1.54) is 0 Å². The predicted molar refractivity (Wildman–Crippen MR) is 150 cm³/mol. The Bertz CT molecular complexity index is 1200. The van der Waals surface area contributed by atoms with Crippen LogP contribution in [0.15, 0.2) is 66.7 Å². The second kappa shape index (κ2) is 13.1. The molecule has 1 N–H and O–H groups in total. The molecule has 5 nitrogen and oxygen atoms in total. The molecule has 0 aromatic heterocycles. The minimum absolute atomic E-state index is 0.141. The van der Waals surface area contributed by atoms with Gasteiger partial charge in [0.2, 0.25) is 5.91 Å². The minimum Gasteiger partial charge on any atom is -0.483 e. The number of benzene rings is 3. The summed E-state index contributed by atoms with van der Waals surface area (Å²) in [5, 5.41) is 3.06. The highest BCUT2D eigenvalue weighted by Crippen LogP contribution is 2.24. The van der Waals surface area contributed by atoms with Crippen LogP contribution in [-0.4, -0.2) is 35.9 Å². The zero-order chi connectivity index (χ0) is 26.9. The molecule has 1 atom stereocenters. The van der Waals surface area contributed by atoms with Crippen LogP contribution in [0.25, 0.3) is 0 Å². The first-order valence-corrected chi connectivity index (χ1v) is 13.0. The van der Waals surface area contributed by atoms with Gasteiger partial charge in [0.15, 0.2) is 6.61 Å². The summed E-state index contributed by atoms with van der Waals surface area (Å²) in [6.45, 7) is 12.9. The molecule has 3 aromatic carbocycles. The maximum absolute atomic E-state index is 13.8. The molecule has 5 heteroatoms. The third-order valence-electron chi connectivity index (χ3n) is 6.51. The van der Waals surface area contributed by atoms with E-state index < -0.39 is 6.04 Å². The lowest BCUT2D eigenvalue weighted by Crippen LogP contribution is -2.52. The average molecular weight is 501 g/mol. The van der Waals surface area contributed by atoms with Crippen molar-refractivity contribution in [1.29, 1.82) is 0 Å². The van der Waals surface area contributed by atoms with Crippen molar-refractivity contribution in [2.45, 2.75) is 60.5 Å². The normalized spacial score (nSPS) is 11.8. The highest BCUT2D eigenvalue weighted by atomic mass is 16.5. The maximum Gasteiger partial charge on any atom is 0.261 e. The Morgan fingerprint density at radius 2 is 1.57 bits per heavy atom. The van der Waals surface area contributed by atoms with Crippen molar-refractivity contribution in [3.8, 4) is 5.75 Å². The fourth-order valence-electron chi connectivity index (χ4n) is 4.36. The number of hydrogen-bond donors (Lipinski definition) is 1. The lowest BCUT2D eigenvalue weighted by atomic mass is 10.0. The van der Waals surface area contributed by atoms with Crippen molar-refractivity contribution in [2.75, 3.05) is 13.2 Å². The molecule has 0 aliphatic carbocycles. The number of carbonyl (C=O) groups excluding carboxylic acids is 2. The van der Waals surface area contributed by atoms with Crippen molar-refractivity contribution in [3.63, 3.8) is 0 Å². The Morgan fingerprint density at radius 1 is 0.865 bits per heavy atom. The van der Waals surface area contributed by atoms with Crippen LogP contribution < -0.4 is 10.1 Å². The first-order valence-electron chi connectivity index (χ1n) is 13.0. The zero-order valence-corrected chi connectivity index (χ0v) is 23.0. The Morgan fingerprint density at radius 3 is 2.24 bits per heavy atom. The second-order valence-electron chi connectivity index (χ2n) is 10.3. The molecule has 2 amide bonds. The fraction of sp³-hybridized carbons (Fsp3) is 0.375. The summed E-state index contributed by atoms with van der Waals surface area (Å²) in [5.74, 6) is 0.630. The van der Waals surface area contributed by atoms with E-state index in [9.17, 15) is 9.59 Å². The van der Waals surface area contributed by atoms with Crippen molar-refractivity contribution in [1.82, 2.24) is 10.2 Å². The molecule has 0 saturated heterocycles. The van der Waals surface area contributed by atoms with Gasteiger partial charge in [-0.3, -0.25) is 9.59 Å². The molecule has 196 valence electrons. The molecule has 0 saturated carbocycles. The summed E-state index contributed by atoms with van der Waals surface area (Å²) in [6.07, 6.45) is 0.422.